The maximum absolute atomic E-state index is 12.6. The molecule has 0 bridgehead atoms. The molecule has 1 saturated heterocycles. The lowest BCUT2D eigenvalue weighted by Crippen LogP contribution is -2.38. The summed E-state index contributed by atoms with van der Waals surface area (Å²) in [7, 11) is -0.419. The molecule has 152 valence electrons. The van der Waals surface area contributed by atoms with Crippen LogP contribution in [0.3, 0.4) is 0 Å². The average molecular weight is 426 g/mol. The maximum Gasteiger partial charge on any atom is 0.261 e. The quantitative estimate of drug-likeness (QED) is 0.741. The zero-order valence-corrected chi connectivity index (χ0v) is 17.3. The van der Waals surface area contributed by atoms with Gasteiger partial charge in [0.25, 0.3) is 15.9 Å². The van der Waals surface area contributed by atoms with Crippen molar-refractivity contribution in [1.29, 1.82) is 0 Å². The molecule has 0 aromatic heterocycles. The minimum atomic E-state index is -3.74. The second-order valence-electron chi connectivity index (χ2n) is 6.42. The first-order chi connectivity index (χ1) is 12.9. The Morgan fingerprint density at radius 2 is 1.79 bits per heavy atom. The summed E-state index contributed by atoms with van der Waals surface area (Å²) < 4.78 is 32.6. The third-order valence-electron chi connectivity index (χ3n) is 4.66. The van der Waals surface area contributed by atoms with Gasteiger partial charge in [-0.2, -0.15) is 0 Å². The molecule has 2 aromatic rings. The lowest BCUT2D eigenvalue weighted by atomic mass is 10.1. The number of likely N-dealkylation sites (N-methyl/N-ethyl adjacent to an activating group) is 1. The van der Waals surface area contributed by atoms with Gasteiger partial charge in [0.1, 0.15) is 5.75 Å². The third-order valence-corrected chi connectivity index (χ3v) is 6.05. The van der Waals surface area contributed by atoms with Crippen LogP contribution in [0.15, 0.2) is 53.4 Å². The summed E-state index contributed by atoms with van der Waals surface area (Å²) >= 11 is 0. The number of hydrogen-bond donors (Lipinski definition) is 2. The van der Waals surface area contributed by atoms with E-state index in [1.165, 1.54) is 12.1 Å². The molecule has 1 fully saturated rings. The van der Waals surface area contributed by atoms with Crippen molar-refractivity contribution in [2.24, 2.45) is 0 Å². The van der Waals surface area contributed by atoms with Crippen LogP contribution in [0.5, 0.6) is 5.75 Å². The number of nitrogens with one attached hydrogen (secondary N) is 2. The summed E-state index contributed by atoms with van der Waals surface area (Å²) in [5.41, 5.74) is 0.900. The van der Waals surface area contributed by atoms with Crippen molar-refractivity contribution in [3.63, 3.8) is 0 Å². The molecule has 3 rings (SSSR count). The summed E-state index contributed by atoms with van der Waals surface area (Å²) in [6.45, 7) is 1.68. The molecule has 0 saturated carbocycles. The predicted octanol–water partition coefficient (Wildman–Crippen LogP) is 2.35. The molecule has 2 N–H and O–H groups in total. The molecular formula is C19H24ClN3O4S. The van der Waals surface area contributed by atoms with Crippen molar-refractivity contribution < 1.29 is 17.9 Å². The fraction of sp³-hybridized carbons (Fsp3) is 0.316. The number of halogens is 1. The number of hydrogen-bond acceptors (Lipinski definition) is 5. The van der Waals surface area contributed by atoms with Gasteiger partial charge in [0, 0.05) is 30.9 Å². The third kappa shape index (κ3) is 4.95. The number of carbonyl (C=O) groups is 1. The molecule has 1 amide bonds. The van der Waals surface area contributed by atoms with Crippen molar-refractivity contribution in [3.05, 3.63) is 54.1 Å². The van der Waals surface area contributed by atoms with Gasteiger partial charge in [0.05, 0.1) is 12.0 Å². The van der Waals surface area contributed by atoms with Gasteiger partial charge >= 0.3 is 0 Å². The van der Waals surface area contributed by atoms with Crippen LogP contribution in [0.2, 0.25) is 0 Å². The molecular weight excluding hydrogens is 402 g/mol. The van der Waals surface area contributed by atoms with Gasteiger partial charge in [-0.3, -0.25) is 9.52 Å². The molecule has 1 heterocycles. The van der Waals surface area contributed by atoms with Crippen molar-refractivity contribution in [2.45, 2.75) is 17.4 Å². The summed E-state index contributed by atoms with van der Waals surface area (Å²) in [6, 6.07) is 12.7. The van der Waals surface area contributed by atoms with E-state index in [1.807, 2.05) is 0 Å². The average Bonchev–Trinajstić information content (AvgIpc) is 3.22. The summed E-state index contributed by atoms with van der Waals surface area (Å²) in [6.07, 6.45) is 0.917. The second kappa shape index (κ2) is 9.27. The molecule has 1 unspecified atom stereocenters. The van der Waals surface area contributed by atoms with Crippen LogP contribution in [0, 0.1) is 0 Å². The smallest absolute Gasteiger partial charge is 0.261 e. The monoisotopic (exact) mass is 425 g/mol. The number of ether oxygens (including phenoxy) is 1. The van der Waals surface area contributed by atoms with Crippen molar-refractivity contribution in [3.8, 4) is 5.75 Å². The van der Waals surface area contributed by atoms with Gasteiger partial charge in [-0.05, 0) is 61.5 Å². The first-order valence-electron chi connectivity index (χ1n) is 8.65. The normalized spacial score (nSPS) is 16.1. The zero-order chi connectivity index (χ0) is 19.4. The van der Waals surface area contributed by atoms with E-state index in [0.717, 1.165) is 19.5 Å². The maximum atomic E-state index is 12.6. The van der Waals surface area contributed by atoms with E-state index in [9.17, 15) is 13.2 Å². The molecule has 1 atom stereocenters. The van der Waals surface area contributed by atoms with Crippen molar-refractivity contribution in [2.75, 3.05) is 32.0 Å². The number of anilines is 1. The van der Waals surface area contributed by atoms with Gasteiger partial charge in [-0.15, -0.1) is 12.4 Å². The highest BCUT2D eigenvalue weighted by Crippen LogP contribution is 2.20. The minimum Gasteiger partial charge on any atom is -0.497 e. The zero-order valence-electron chi connectivity index (χ0n) is 15.7. The standard InChI is InChI=1S/C19H23N3O4S.ClH/c1-22(16-11-12-20-13-16)19(23)14-3-9-18(10-4-14)27(24,25)21-15-5-7-17(26-2)8-6-15;/h3-10,16,20-21H,11-13H2,1-2H3;1H. The molecule has 0 spiro atoms. The van der Waals surface area contributed by atoms with Crippen molar-refractivity contribution in [1.82, 2.24) is 10.2 Å². The second-order valence-corrected chi connectivity index (χ2v) is 8.10. The van der Waals surface area contributed by atoms with Gasteiger partial charge in [-0.25, -0.2) is 8.42 Å². The Hall–Kier alpha value is -2.29. The fourth-order valence-corrected chi connectivity index (χ4v) is 4.05. The van der Waals surface area contributed by atoms with E-state index < -0.39 is 10.0 Å². The van der Waals surface area contributed by atoms with E-state index in [4.69, 9.17) is 4.74 Å². The van der Waals surface area contributed by atoms with Crippen LogP contribution in [0.1, 0.15) is 16.8 Å². The van der Waals surface area contributed by atoms with E-state index in [0.29, 0.717) is 17.0 Å². The summed E-state index contributed by atoms with van der Waals surface area (Å²) in [4.78, 5) is 14.4. The molecule has 1 aliphatic heterocycles. The van der Waals surface area contributed by atoms with E-state index in [2.05, 4.69) is 10.0 Å². The highest BCUT2D eigenvalue weighted by Gasteiger charge is 2.24. The number of methoxy groups -OCH3 is 1. The van der Waals surface area contributed by atoms with E-state index >= 15 is 0 Å². The Bertz CT molecular complexity index is 896. The lowest BCUT2D eigenvalue weighted by Gasteiger charge is -2.23. The Labute approximate surface area is 171 Å². The molecule has 2 aromatic carbocycles. The molecule has 1 aliphatic rings. The Balaban J connectivity index is 0.00000280. The summed E-state index contributed by atoms with van der Waals surface area (Å²) in [5, 5.41) is 3.23. The van der Waals surface area contributed by atoms with E-state index in [1.54, 1.807) is 55.5 Å². The van der Waals surface area contributed by atoms with Crippen LogP contribution in [-0.2, 0) is 10.0 Å². The Morgan fingerprint density at radius 3 is 2.32 bits per heavy atom. The molecule has 28 heavy (non-hydrogen) atoms. The number of benzene rings is 2. The first kappa shape index (κ1) is 22.0. The van der Waals surface area contributed by atoms with Crippen LogP contribution in [0.25, 0.3) is 0 Å². The number of rotatable bonds is 6. The van der Waals surface area contributed by atoms with Gasteiger partial charge < -0.3 is 15.0 Å². The highest BCUT2D eigenvalue weighted by molar-refractivity contribution is 7.92. The van der Waals surface area contributed by atoms with Crippen LogP contribution < -0.4 is 14.8 Å². The molecule has 9 heteroatoms. The van der Waals surface area contributed by atoms with Crippen molar-refractivity contribution >= 4 is 34.0 Å². The van der Waals surface area contributed by atoms with Crippen LogP contribution in [-0.4, -0.2) is 52.5 Å². The fourth-order valence-electron chi connectivity index (χ4n) is 2.99. The Kier molecular flexibility index (Phi) is 7.29. The van der Waals surface area contributed by atoms with Gasteiger partial charge in [-0.1, -0.05) is 0 Å². The number of sulfonamides is 1. The molecule has 0 radical (unpaired) electrons. The van der Waals surface area contributed by atoms with Crippen LogP contribution >= 0.6 is 12.4 Å². The van der Waals surface area contributed by atoms with Gasteiger partial charge in [0.2, 0.25) is 0 Å². The molecule has 0 aliphatic carbocycles. The first-order valence-corrected chi connectivity index (χ1v) is 10.1. The highest BCUT2D eigenvalue weighted by atomic mass is 35.5. The largest absolute Gasteiger partial charge is 0.497 e. The number of amides is 1. The molecule has 7 nitrogen and oxygen atoms in total. The van der Waals surface area contributed by atoms with Gasteiger partial charge in [0.15, 0.2) is 0 Å². The topological polar surface area (TPSA) is 87.7 Å². The summed E-state index contributed by atoms with van der Waals surface area (Å²) in [5.74, 6) is 0.526. The lowest BCUT2D eigenvalue weighted by molar-refractivity contribution is 0.0743. The SMILES string of the molecule is COc1ccc(NS(=O)(=O)c2ccc(C(=O)N(C)C3CCNC3)cc2)cc1.Cl. The predicted molar refractivity (Wildman–Crippen MR) is 111 cm³/mol. The van der Waals surface area contributed by atoms with Crippen LogP contribution in [0.4, 0.5) is 5.69 Å². The minimum absolute atomic E-state index is 0. The Morgan fingerprint density at radius 1 is 1.14 bits per heavy atom. The van der Waals surface area contributed by atoms with E-state index in [-0.39, 0.29) is 29.3 Å². The number of nitrogens with zero attached hydrogens (tertiary/aromatic N) is 1. The number of carbonyl (C=O) groups excluding carboxylic acids is 1.